The second-order valence-corrected chi connectivity index (χ2v) is 6.09. The minimum atomic E-state index is 0.555. The van der Waals surface area contributed by atoms with Crippen LogP contribution in [-0.2, 0) is 11.3 Å². The summed E-state index contributed by atoms with van der Waals surface area (Å²) >= 11 is 0. The predicted molar refractivity (Wildman–Crippen MR) is 112 cm³/mol. The van der Waals surface area contributed by atoms with Crippen molar-refractivity contribution < 1.29 is 14.2 Å². The van der Waals surface area contributed by atoms with Gasteiger partial charge in [-0.25, -0.2) is 4.98 Å². The summed E-state index contributed by atoms with van der Waals surface area (Å²) in [5, 5.41) is 6.57. The van der Waals surface area contributed by atoms with Gasteiger partial charge in [-0.05, 0) is 24.6 Å². The quantitative estimate of drug-likeness (QED) is 0.350. The largest absolute Gasteiger partial charge is 0.493 e. The van der Waals surface area contributed by atoms with E-state index in [9.17, 15) is 0 Å². The Bertz CT molecular complexity index is 737. The van der Waals surface area contributed by atoms with E-state index in [1.165, 1.54) is 0 Å². The van der Waals surface area contributed by atoms with E-state index in [-0.39, 0.29) is 0 Å². The third-order valence-corrected chi connectivity index (χ3v) is 3.82. The smallest absolute Gasteiger partial charge is 0.218 e. The molecule has 7 nitrogen and oxygen atoms in total. The van der Waals surface area contributed by atoms with Gasteiger partial charge < -0.3 is 24.8 Å². The van der Waals surface area contributed by atoms with Gasteiger partial charge in [0.1, 0.15) is 5.75 Å². The molecule has 7 heteroatoms. The minimum Gasteiger partial charge on any atom is -0.493 e. The molecule has 0 bridgehead atoms. The number of guanidine groups is 1. The van der Waals surface area contributed by atoms with E-state index in [2.05, 4.69) is 27.5 Å². The van der Waals surface area contributed by atoms with Crippen molar-refractivity contribution in [2.45, 2.75) is 26.3 Å². The Labute approximate surface area is 167 Å². The van der Waals surface area contributed by atoms with Crippen molar-refractivity contribution in [3.63, 3.8) is 0 Å². The van der Waals surface area contributed by atoms with E-state index >= 15 is 0 Å². The van der Waals surface area contributed by atoms with Crippen molar-refractivity contribution in [1.82, 2.24) is 10.3 Å². The molecule has 0 aliphatic heterocycles. The second kappa shape index (κ2) is 12.6. The van der Waals surface area contributed by atoms with Crippen LogP contribution in [0.25, 0.3) is 0 Å². The van der Waals surface area contributed by atoms with E-state index in [0.29, 0.717) is 38.2 Å². The van der Waals surface area contributed by atoms with E-state index in [1.54, 1.807) is 20.4 Å². The van der Waals surface area contributed by atoms with E-state index in [4.69, 9.17) is 14.2 Å². The monoisotopic (exact) mass is 386 g/mol. The number of anilines is 1. The summed E-state index contributed by atoms with van der Waals surface area (Å²) in [6.45, 7) is 4.58. The zero-order chi connectivity index (χ0) is 20.0. The number of aromatic nitrogens is 1. The van der Waals surface area contributed by atoms with Gasteiger partial charge in [0.05, 0.1) is 13.2 Å². The van der Waals surface area contributed by atoms with E-state index in [1.807, 2.05) is 36.4 Å². The fourth-order valence-corrected chi connectivity index (χ4v) is 2.44. The zero-order valence-corrected chi connectivity index (χ0v) is 16.9. The third-order valence-electron chi connectivity index (χ3n) is 3.82. The molecule has 0 aliphatic rings. The number of ether oxygens (including phenoxy) is 3. The van der Waals surface area contributed by atoms with Crippen LogP contribution in [0.1, 0.15) is 25.3 Å². The molecule has 1 aromatic heterocycles. The van der Waals surface area contributed by atoms with Crippen LogP contribution in [0.3, 0.4) is 0 Å². The van der Waals surface area contributed by atoms with E-state index < -0.39 is 0 Å². The van der Waals surface area contributed by atoms with Crippen molar-refractivity contribution in [2.24, 2.45) is 4.99 Å². The van der Waals surface area contributed by atoms with Crippen LogP contribution in [0, 0.1) is 0 Å². The summed E-state index contributed by atoms with van der Waals surface area (Å²) < 4.78 is 16.5. The van der Waals surface area contributed by atoms with Gasteiger partial charge in [0.2, 0.25) is 5.88 Å². The molecule has 0 unspecified atom stereocenters. The number of hydrogen-bond acceptors (Lipinski definition) is 5. The Balaban J connectivity index is 1.91. The lowest BCUT2D eigenvalue weighted by atomic mass is 10.2. The number of nitrogens with one attached hydrogen (secondary N) is 2. The van der Waals surface area contributed by atoms with Crippen LogP contribution in [0.4, 0.5) is 5.69 Å². The van der Waals surface area contributed by atoms with Crippen LogP contribution in [0.15, 0.2) is 47.6 Å². The van der Waals surface area contributed by atoms with Crippen molar-refractivity contribution in [3.05, 3.63) is 48.2 Å². The van der Waals surface area contributed by atoms with E-state index in [0.717, 1.165) is 29.8 Å². The second-order valence-electron chi connectivity index (χ2n) is 6.09. The number of hydrogen-bond donors (Lipinski definition) is 2. The zero-order valence-electron chi connectivity index (χ0n) is 16.9. The lowest BCUT2D eigenvalue weighted by molar-refractivity contribution is 0.172. The average Bonchev–Trinajstić information content (AvgIpc) is 2.73. The van der Waals surface area contributed by atoms with Gasteiger partial charge in [-0.2, -0.15) is 0 Å². The lowest BCUT2D eigenvalue weighted by Crippen LogP contribution is -2.30. The van der Waals surface area contributed by atoms with Gasteiger partial charge in [0, 0.05) is 57.2 Å². The fraction of sp³-hybridized carbons (Fsp3) is 0.429. The highest BCUT2D eigenvalue weighted by Crippen LogP contribution is 2.18. The summed E-state index contributed by atoms with van der Waals surface area (Å²) in [5.74, 6) is 2.11. The number of nitrogens with zero attached hydrogens (tertiary/aromatic N) is 2. The first-order chi connectivity index (χ1) is 13.8. The van der Waals surface area contributed by atoms with Crippen LogP contribution in [-0.4, -0.2) is 44.9 Å². The van der Waals surface area contributed by atoms with Gasteiger partial charge in [-0.3, -0.25) is 4.99 Å². The maximum absolute atomic E-state index is 5.74. The normalized spacial score (nSPS) is 11.2. The molecule has 0 amide bonds. The molecule has 0 aliphatic carbocycles. The maximum atomic E-state index is 5.74. The molecule has 1 aromatic carbocycles. The summed E-state index contributed by atoms with van der Waals surface area (Å²) in [5.41, 5.74) is 1.88. The molecule has 0 fully saturated rings. The minimum absolute atomic E-state index is 0.555. The van der Waals surface area contributed by atoms with Gasteiger partial charge >= 0.3 is 0 Å². The summed E-state index contributed by atoms with van der Waals surface area (Å²) in [7, 11) is 3.42. The van der Waals surface area contributed by atoms with Gasteiger partial charge in [0.15, 0.2) is 5.96 Å². The number of aliphatic imine (C=N–C) groups is 1. The number of benzene rings is 1. The first-order valence-corrected chi connectivity index (χ1v) is 9.53. The molecule has 1 heterocycles. The van der Waals surface area contributed by atoms with Gasteiger partial charge in [-0.1, -0.05) is 19.1 Å². The highest BCUT2D eigenvalue weighted by atomic mass is 16.5. The molecule has 152 valence electrons. The molecule has 0 spiro atoms. The van der Waals surface area contributed by atoms with Crippen LogP contribution >= 0.6 is 0 Å². The summed E-state index contributed by atoms with van der Waals surface area (Å²) in [4.78, 5) is 8.59. The molecule has 0 saturated carbocycles. The Morgan fingerprint density at radius 2 is 2.00 bits per heavy atom. The Morgan fingerprint density at radius 3 is 2.79 bits per heavy atom. The van der Waals surface area contributed by atoms with Crippen molar-refractivity contribution >= 4 is 11.6 Å². The predicted octanol–water partition coefficient (Wildman–Crippen LogP) is 3.47. The highest BCUT2D eigenvalue weighted by Gasteiger charge is 2.06. The standard InChI is InChI=1S/C21H30N4O3/c1-4-12-28-20-17(8-6-11-23-20)16-24-21(22-2)25-18-9-5-10-19(15-18)27-14-7-13-26-3/h5-6,8-11,15H,4,7,12-14,16H2,1-3H3,(H2,22,24,25). The fourth-order valence-electron chi connectivity index (χ4n) is 2.44. The third kappa shape index (κ3) is 7.44. The molecule has 2 N–H and O–H groups in total. The van der Waals surface area contributed by atoms with Gasteiger partial charge in [0.25, 0.3) is 0 Å². The molecule has 28 heavy (non-hydrogen) atoms. The lowest BCUT2D eigenvalue weighted by Gasteiger charge is -2.14. The topological polar surface area (TPSA) is 77.0 Å². The first-order valence-electron chi connectivity index (χ1n) is 9.53. The first kappa shape index (κ1) is 21.5. The SMILES string of the molecule is CCCOc1ncccc1CNC(=NC)Nc1cccc(OCCCOC)c1. The van der Waals surface area contributed by atoms with Crippen LogP contribution in [0.2, 0.25) is 0 Å². The molecular weight excluding hydrogens is 356 g/mol. The molecule has 0 atom stereocenters. The number of pyridine rings is 1. The molecule has 0 radical (unpaired) electrons. The average molecular weight is 386 g/mol. The van der Waals surface area contributed by atoms with Crippen molar-refractivity contribution in [1.29, 1.82) is 0 Å². The Kier molecular flexibility index (Phi) is 9.65. The van der Waals surface area contributed by atoms with Crippen LogP contribution < -0.4 is 20.1 Å². The number of methoxy groups -OCH3 is 1. The maximum Gasteiger partial charge on any atom is 0.218 e. The molecule has 2 aromatic rings. The highest BCUT2D eigenvalue weighted by molar-refractivity contribution is 5.93. The number of rotatable bonds is 11. The molecule has 0 saturated heterocycles. The molecule has 2 rings (SSSR count). The molecular formula is C21H30N4O3. The van der Waals surface area contributed by atoms with Crippen molar-refractivity contribution in [2.75, 3.05) is 39.3 Å². The van der Waals surface area contributed by atoms with Crippen LogP contribution in [0.5, 0.6) is 11.6 Å². The Hall–Kier alpha value is -2.80. The summed E-state index contributed by atoms with van der Waals surface area (Å²) in [6, 6.07) is 11.7. The van der Waals surface area contributed by atoms with Crippen molar-refractivity contribution in [3.8, 4) is 11.6 Å². The Morgan fingerprint density at radius 1 is 1.11 bits per heavy atom. The van der Waals surface area contributed by atoms with Gasteiger partial charge in [-0.15, -0.1) is 0 Å². The summed E-state index contributed by atoms with van der Waals surface area (Å²) in [6.07, 6.45) is 3.53.